The van der Waals surface area contributed by atoms with Crippen LogP contribution in [-0.2, 0) is 0 Å². The van der Waals surface area contributed by atoms with Gasteiger partial charge in [0.25, 0.3) is 0 Å². The second-order valence-electron chi connectivity index (χ2n) is 3.70. The van der Waals surface area contributed by atoms with E-state index in [2.05, 4.69) is 0 Å². The fraction of sp³-hybridized carbons (Fsp3) is 0.455. The van der Waals surface area contributed by atoms with Crippen LogP contribution in [0.1, 0.15) is 32.3 Å². The van der Waals surface area contributed by atoms with Crippen molar-refractivity contribution >= 4 is 0 Å². The molecule has 1 rings (SSSR count). The van der Waals surface area contributed by atoms with Gasteiger partial charge < -0.3 is 0 Å². The smallest absolute Gasteiger partial charge is 0.126 e. The maximum Gasteiger partial charge on any atom is 0.126 e. The molecule has 72 valence electrons. The second kappa shape index (κ2) is 3.86. The van der Waals surface area contributed by atoms with E-state index in [9.17, 15) is 8.78 Å². The summed E-state index contributed by atoms with van der Waals surface area (Å²) < 4.78 is 26.0. The average molecular weight is 184 g/mol. The van der Waals surface area contributed by atoms with Crippen LogP contribution in [0.3, 0.4) is 0 Å². The molecule has 0 saturated heterocycles. The minimum absolute atomic E-state index is 0.0516. The van der Waals surface area contributed by atoms with E-state index in [1.54, 1.807) is 0 Å². The van der Waals surface area contributed by atoms with Crippen molar-refractivity contribution in [1.82, 2.24) is 0 Å². The van der Waals surface area contributed by atoms with Crippen molar-refractivity contribution in [2.75, 3.05) is 0 Å². The molecule has 0 fully saturated rings. The van der Waals surface area contributed by atoms with Crippen LogP contribution in [0.2, 0.25) is 0 Å². The predicted octanol–water partition coefficient (Wildman–Crippen LogP) is 3.72. The van der Waals surface area contributed by atoms with Gasteiger partial charge in [-0.15, -0.1) is 0 Å². The highest BCUT2D eigenvalue weighted by Gasteiger charge is 2.14. The molecule has 1 aromatic carbocycles. The van der Waals surface area contributed by atoms with Crippen LogP contribution in [0.25, 0.3) is 0 Å². The zero-order chi connectivity index (χ0) is 10.0. The van der Waals surface area contributed by atoms with Crippen molar-refractivity contribution in [3.8, 4) is 0 Å². The summed E-state index contributed by atoms with van der Waals surface area (Å²) in [6.45, 7) is 5.90. The Labute approximate surface area is 77.6 Å². The Morgan fingerprint density at radius 2 is 1.69 bits per heavy atom. The quantitative estimate of drug-likeness (QED) is 0.657. The first kappa shape index (κ1) is 10.2. The van der Waals surface area contributed by atoms with E-state index in [0.29, 0.717) is 11.5 Å². The molecule has 0 aliphatic rings. The lowest BCUT2D eigenvalue weighted by atomic mass is 9.90. The monoisotopic (exact) mass is 184 g/mol. The van der Waals surface area contributed by atoms with E-state index < -0.39 is 0 Å². The SMILES string of the molecule is CC(C)C(C)c1cc(F)ccc1F. The first-order chi connectivity index (χ1) is 6.02. The van der Waals surface area contributed by atoms with Gasteiger partial charge in [-0.2, -0.15) is 0 Å². The lowest BCUT2D eigenvalue weighted by Crippen LogP contribution is -2.04. The maximum absolute atomic E-state index is 13.2. The van der Waals surface area contributed by atoms with Gasteiger partial charge in [0.05, 0.1) is 0 Å². The van der Waals surface area contributed by atoms with Crippen molar-refractivity contribution < 1.29 is 8.78 Å². The second-order valence-corrected chi connectivity index (χ2v) is 3.70. The van der Waals surface area contributed by atoms with Gasteiger partial charge in [0.2, 0.25) is 0 Å². The number of halogens is 2. The first-order valence-corrected chi connectivity index (χ1v) is 4.47. The van der Waals surface area contributed by atoms with Gasteiger partial charge in [0.15, 0.2) is 0 Å². The first-order valence-electron chi connectivity index (χ1n) is 4.47. The zero-order valence-electron chi connectivity index (χ0n) is 8.14. The van der Waals surface area contributed by atoms with Crippen molar-refractivity contribution in [3.05, 3.63) is 35.4 Å². The van der Waals surface area contributed by atoms with E-state index in [1.165, 1.54) is 12.1 Å². The van der Waals surface area contributed by atoms with Crippen LogP contribution >= 0.6 is 0 Å². The largest absolute Gasteiger partial charge is 0.207 e. The fourth-order valence-electron chi connectivity index (χ4n) is 1.22. The molecule has 0 spiro atoms. The molecule has 13 heavy (non-hydrogen) atoms. The highest BCUT2D eigenvalue weighted by molar-refractivity contribution is 5.22. The van der Waals surface area contributed by atoms with Gasteiger partial charge in [-0.25, -0.2) is 8.78 Å². The molecule has 0 nitrogen and oxygen atoms in total. The summed E-state index contributed by atoms with van der Waals surface area (Å²) in [6, 6.07) is 3.61. The summed E-state index contributed by atoms with van der Waals surface area (Å²) in [7, 11) is 0. The molecule has 1 unspecified atom stereocenters. The number of hydrogen-bond donors (Lipinski definition) is 0. The Hall–Kier alpha value is -0.920. The van der Waals surface area contributed by atoms with Crippen LogP contribution in [0.15, 0.2) is 18.2 Å². The van der Waals surface area contributed by atoms with Gasteiger partial charge >= 0.3 is 0 Å². The predicted molar refractivity (Wildman–Crippen MR) is 49.6 cm³/mol. The fourth-order valence-corrected chi connectivity index (χ4v) is 1.22. The molecule has 0 aliphatic heterocycles. The minimum Gasteiger partial charge on any atom is -0.207 e. The van der Waals surface area contributed by atoms with Crippen LogP contribution in [0.4, 0.5) is 8.78 Å². The summed E-state index contributed by atoms with van der Waals surface area (Å²) >= 11 is 0. The Balaban J connectivity index is 3.05. The van der Waals surface area contributed by atoms with E-state index >= 15 is 0 Å². The third-order valence-electron chi connectivity index (χ3n) is 2.45. The number of hydrogen-bond acceptors (Lipinski definition) is 0. The van der Waals surface area contributed by atoms with Crippen molar-refractivity contribution in [2.24, 2.45) is 5.92 Å². The summed E-state index contributed by atoms with van der Waals surface area (Å²) in [6.07, 6.45) is 0. The molecule has 0 bridgehead atoms. The molecule has 0 aliphatic carbocycles. The average Bonchev–Trinajstić information content (AvgIpc) is 2.08. The molecule has 0 saturated carbocycles. The van der Waals surface area contributed by atoms with Crippen LogP contribution in [0, 0.1) is 17.6 Å². The molecule has 0 heterocycles. The van der Waals surface area contributed by atoms with E-state index in [0.717, 1.165) is 6.07 Å². The standard InChI is InChI=1S/C11H14F2/c1-7(2)8(3)10-6-9(12)4-5-11(10)13/h4-8H,1-3H3. The Morgan fingerprint density at radius 1 is 1.08 bits per heavy atom. The molecule has 0 amide bonds. The van der Waals surface area contributed by atoms with E-state index in [-0.39, 0.29) is 17.6 Å². The van der Waals surface area contributed by atoms with Crippen LogP contribution < -0.4 is 0 Å². The van der Waals surface area contributed by atoms with Gasteiger partial charge in [-0.05, 0) is 35.6 Å². The normalized spacial score (nSPS) is 13.4. The number of rotatable bonds is 2. The lowest BCUT2D eigenvalue weighted by molar-refractivity contribution is 0.495. The zero-order valence-corrected chi connectivity index (χ0v) is 8.14. The molecule has 0 N–H and O–H groups in total. The van der Waals surface area contributed by atoms with Crippen molar-refractivity contribution in [1.29, 1.82) is 0 Å². The van der Waals surface area contributed by atoms with Gasteiger partial charge in [-0.1, -0.05) is 20.8 Å². The molecule has 1 atom stereocenters. The minimum atomic E-state index is -0.371. The molecule has 0 radical (unpaired) electrons. The van der Waals surface area contributed by atoms with E-state index in [1.807, 2.05) is 20.8 Å². The Bertz CT molecular complexity index is 292. The lowest BCUT2D eigenvalue weighted by Gasteiger charge is -2.16. The molecule has 1 aromatic rings. The highest BCUT2D eigenvalue weighted by Crippen LogP contribution is 2.26. The topological polar surface area (TPSA) is 0 Å². The third-order valence-corrected chi connectivity index (χ3v) is 2.45. The van der Waals surface area contributed by atoms with Crippen molar-refractivity contribution in [3.63, 3.8) is 0 Å². The summed E-state index contributed by atoms with van der Waals surface area (Å²) in [4.78, 5) is 0. The Morgan fingerprint density at radius 3 is 2.23 bits per heavy atom. The molecular weight excluding hydrogens is 170 g/mol. The summed E-state index contributed by atoms with van der Waals surface area (Å²) in [5.74, 6) is -0.321. The third kappa shape index (κ3) is 2.27. The number of benzene rings is 1. The van der Waals surface area contributed by atoms with Gasteiger partial charge in [0, 0.05) is 0 Å². The molecular formula is C11H14F2. The molecule has 0 aromatic heterocycles. The van der Waals surface area contributed by atoms with Gasteiger partial charge in [0.1, 0.15) is 11.6 Å². The Kier molecular flexibility index (Phi) is 3.02. The van der Waals surface area contributed by atoms with Crippen LogP contribution in [0.5, 0.6) is 0 Å². The highest BCUT2D eigenvalue weighted by atomic mass is 19.1. The summed E-state index contributed by atoms with van der Waals surface area (Å²) in [5, 5.41) is 0. The van der Waals surface area contributed by atoms with E-state index in [4.69, 9.17) is 0 Å². The van der Waals surface area contributed by atoms with Crippen molar-refractivity contribution in [2.45, 2.75) is 26.7 Å². The maximum atomic E-state index is 13.2. The summed E-state index contributed by atoms with van der Waals surface area (Å²) in [5.41, 5.74) is 0.468. The molecule has 2 heteroatoms. The van der Waals surface area contributed by atoms with Gasteiger partial charge in [-0.3, -0.25) is 0 Å². The van der Waals surface area contributed by atoms with Crippen LogP contribution in [-0.4, -0.2) is 0 Å².